The fourth-order valence-corrected chi connectivity index (χ4v) is 5.65. The van der Waals surface area contributed by atoms with Crippen molar-refractivity contribution in [2.24, 2.45) is 11.8 Å². The summed E-state index contributed by atoms with van der Waals surface area (Å²) in [6, 6.07) is 0. The van der Waals surface area contributed by atoms with Crippen LogP contribution in [0.4, 0.5) is 19.1 Å². The van der Waals surface area contributed by atoms with Crippen LogP contribution in [0, 0.1) is 11.8 Å². The number of halogens is 3. The third kappa shape index (κ3) is 7.10. The van der Waals surface area contributed by atoms with Gasteiger partial charge in [-0.1, -0.05) is 12.8 Å². The van der Waals surface area contributed by atoms with Crippen LogP contribution in [0.1, 0.15) is 62.6 Å². The zero-order valence-electron chi connectivity index (χ0n) is 20.9. The van der Waals surface area contributed by atoms with Crippen LogP contribution in [0.2, 0.25) is 0 Å². The van der Waals surface area contributed by atoms with E-state index in [2.05, 4.69) is 15.2 Å². The van der Waals surface area contributed by atoms with E-state index < -0.39 is 12.1 Å². The normalized spacial score (nSPS) is 24.5. The molecule has 1 atom stereocenters. The smallest absolute Gasteiger partial charge is 0.475 e. The van der Waals surface area contributed by atoms with Gasteiger partial charge in [0.25, 0.3) is 0 Å². The molecule has 3 fully saturated rings. The first-order valence-corrected chi connectivity index (χ1v) is 13.0. The van der Waals surface area contributed by atoms with E-state index in [1.54, 1.807) is 0 Å². The Hall–Kier alpha value is -2.47. The van der Waals surface area contributed by atoms with Crippen molar-refractivity contribution >= 4 is 17.8 Å². The number of aromatic nitrogens is 2. The molecule has 37 heavy (non-hydrogen) atoms. The van der Waals surface area contributed by atoms with E-state index >= 15 is 0 Å². The monoisotopic (exact) mass is 528 g/mol. The Labute approximate surface area is 214 Å². The largest absolute Gasteiger partial charge is 0.490 e. The summed E-state index contributed by atoms with van der Waals surface area (Å²) in [5.74, 6) is -0.527. The molecule has 1 saturated carbocycles. The van der Waals surface area contributed by atoms with Crippen molar-refractivity contribution in [1.82, 2.24) is 14.9 Å². The van der Waals surface area contributed by atoms with Crippen LogP contribution in [0.5, 0.6) is 0 Å². The van der Waals surface area contributed by atoms with E-state index in [1.165, 1.54) is 25.7 Å². The number of anilines is 1. The molecule has 206 valence electrons. The zero-order chi connectivity index (χ0) is 26.5. The Morgan fingerprint density at radius 2 is 1.84 bits per heavy atom. The minimum atomic E-state index is -5.08. The molecule has 1 amide bonds. The second-order valence-corrected chi connectivity index (χ2v) is 10.5. The number of nitrogens with zero attached hydrogens (tertiary/aromatic N) is 3. The fraction of sp³-hybridized carbons (Fsp3) is 0.760. The molecule has 12 heteroatoms. The van der Waals surface area contributed by atoms with Crippen molar-refractivity contribution in [2.75, 3.05) is 44.8 Å². The number of ether oxygens (including phenoxy) is 2. The van der Waals surface area contributed by atoms with Gasteiger partial charge < -0.3 is 24.8 Å². The molecule has 4 heterocycles. The summed E-state index contributed by atoms with van der Waals surface area (Å²) in [7, 11) is 0. The Morgan fingerprint density at radius 1 is 1.14 bits per heavy atom. The maximum Gasteiger partial charge on any atom is 0.490 e. The van der Waals surface area contributed by atoms with Crippen LogP contribution >= 0.6 is 0 Å². The van der Waals surface area contributed by atoms with Gasteiger partial charge in [-0.2, -0.15) is 13.2 Å². The highest BCUT2D eigenvalue weighted by Crippen LogP contribution is 2.40. The van der Waals surface area contributed by atoms with Gasteiger partial charge in [0.2, 0.25) is 11.9 Å². The number of likely N-dealkylation sites (tertiary alicyclic amines) is 1. The van der Waals surface area contributed by atoms with E-state index in [9.17, 15) is 18.0 Å². The number of hydrogen-bond donors (Lipinski definition) is 2. The SMILES string of the molecule is O=C(CC1CCCC1)N1CCC2(COCc3cnc(NCC4CCOCC4)nc32)C1.O=C(O)C(F)(F)F. The van der Waals surface area contributed by atoms with Crippen LogP contribution in [-0.4, -0.2) is 77.5 Å². The predicted octanol–water partition coefficient (Wildman–Crippen LogP) is 3.53. The molecule has 0 aromatic carbocycles. The molecular weight excluding hydrogens is 493 g/mol. The molecule has 0 radical (unpaired) electrons. The van der Waals surface area contributed by atoms with Gasteiger partial charge >= 0.3 is 12.1 Å². The molecular formula is C25H35F3N4O5. The summed E-state index contributed by atoms with van der Waals surface area (Å²) in [6.07, 6.45) is 5.64. The van der Waals surface area contributed by atoms with Crippen LogP contribution < -0.4 is 5.32 Å². The van der Waals surface area contributed by atoms with Gasteiger partial charge in [-0.05, 0) is 43.9 Å². The minimum Gasteiger partial charge on any atom is -0.475 e. The number of aliphatic carboxylic acids is 1. The third-order valence-corrected chi connectivity index (χ3v) is 7.78. The lowest BCUT2D eigenvalue weighted by molar-refractivity contribution is -0.192. The van der Waals surface area contributed by atoms with Crippen LogP contribution in [-0.2, 0) is 31.1 Å². The summed E-state index contributed by atoms with van der Waals surface area (Å²) >= 11 is 0. The van der Waals surface area contributed by atoms with Crippen molar-refractivity contribution in [3.05, 3.63) is 17.5 Å². The molecule has 4 aliphatic rings. The first-order chi connectivity index (χ1) is 17.7. The predicted molar refractivity (Wildman–Crippen MR) is 127 cm³/mol. The van der Waals surface area contributed by atoms with Gasteiger partial charge in [0.05, 0.1) is 24.3 Å². The highest BCUT2D eigenvalue weighted by molar-refractivity contribution is 5.77. The first-order valence-electron chi connectivity index (χ1n) is 13.0. The van der Waals surface area contributed by atoms with Crippen LogP contribution in [0.15, 0.2) is 6.20 Å². The van der Waals surface area contributed by atoms with Gasteiger partial charge in [-0.15, -0.1) is 0 Å². The highest BCUT2D eigenvalue weighted by Gasteiger charge is 2.46. The Kier molecular flexibility index (Phi) is 8.89. The number of amides is 1. The van der Waals surface area contributed by atoms with Crippen molar-refractivity contribution in [3.63, 3.8) is 0 Å². The summed E-state index contributed by atoms with van der Waals surface area (Å²) in [5.41, 5.74) is 1.98. The Bertz CT molecular complexity index is 951. The first kappa shape index (κ1) is 27.6. The standard InChI is InChI=1S/C23H34N4O3.C2HF3O2/c28-20(11-17-3-1-2-4-17)27-8-7-23(15-27)16-30-14-19-13-25-22(26-21(19)23)24-12-18-5-9-29-10-6-18;3-2(4,5)1(6)7/h13,17-18H,1-12,14-16H2,(H,24,25,26);(H,6,7). The lowest BCUT2D eigenvalue weighted by atomic mass is 9.80. The summed E-state index contributed by atoms with van der Waals surface area (Å²) < 4.78 is 43.1. The summed E-state index contributed by atoms with van der Waals surface area (Å²) in [4.78, 5) is 33.4. The molecule has 1 aromatic heterocycles. The number of rotatable bonds is 5. The second kappa shape index (κ2) is 11.9. The maximum absolute atomic E-state index is 12.9. The minimum absolute atomic E-state index is 0.184. The molecule has 5 rings (SSSR count). The summed E-state index contributed by atoms with van der Waals surface area (Å²) in [6.45, 7) is 5.32. The van der Waals surface area contributed by atoms with Gasteiger partial charge in [0.1, 0.15) is 0 Å². The van der Waals surface area contributed by atoms with Gasteiger partial charge in [-0.25, -0.2) is 14.8 Å². The Balaban J connectivity index is 0.000000405. The van der Waals surface area contributed by atoms with Crippen LogP contribution in [0.25, 0.3) is 0 Å². The Morgan fingerprint density at radius 3 is 2.51 bits per heavy atom. The van der Waals surface area contributed by atoms with Crippen molar-refractivity contribution in [1.29, 1.82) is 0 Å². The van der Waals surface area contributed by atoms with Gasteiger partial charge in [0, 0.05) is 51.0 Å². The van der Waals surface area contributed by atoms with Crippen molar-refractivity contribution in [2.45, 2.75) is 69.6 Å². The molecule has 0 bridgehead atoms. The maximum atomic E-state index is 12.9. The molecule has 1 spiro atoms. The van der Waals surface area contributed by atoms with Crippen molar-refractivity contribution < 1.29 is 37.3 Å². The highest BCUT2D eigenvalue weighted by atomic mass is 19.4. The number of nitrogens with one attached hydrogen (secondary N) is 1. The zero-order valence-corrected chi connectivity index (χ0v) is 20.9. The molecule has 9 nitrogen and oxygen atoms in total. The van der Waals surface area contributed by atoms with E-state index in [4.69, 9.17) is 24.4 Å². The fourth-order valence-electron chi connectivity index (χ4n) is 5.65. The van der Waals surface area contributed by atoms with Crippen LogP contribution in [0.3, 0.4) is 0 Å². The van der Waals surface area contributed by atoms with E-state index in [-0.39, 0.29) is 5.41 Å². The number of carbonyl (C=O) groups is 2. The van der Waals surface area contributed by atoms with E-state index in [0.29, 0.717) is 43.3 Å². The molecule has 1 aromatic rings. The van der Waals surface area contributed by atoms with Crippen molar-refractivity contribution in [3.8, 4) is 0 Å². The number of carboxylic acids is 1. The number of carboxylic acid groups (broad SMARTS) is 1. The number of alkyl halides is 3. The topological polar surface area (TPSA) is 114 Å². The van der Waals surface area contributed by atoms with E-state index in [1.807, 2.05) is 6.20 Å². The average Bonchev–Trinajstić information content (AvgIpc) is 3.54. The lowest BCUT2D eigenvalue weighted by Crippen LogP contribution is -2.42. The molecule has 2 saturated heterocycles. The van der Waals surface area contributed by atoms with Gasteiger partial charge in [0.15, 0.2) is 0 Å². The quantitative estimate of drug-likeness (QED) is 0.597. The molecule has 1 aliphatic carbocycles. The average molecular weight is 529 g/mol. The lowest BCUT2D eigenvalue weighted by Gasteiger charge is -2.34. The second-order valence-electron chi connectivity index (χ2n) is 10.5. The third-order valence-electron chi connectivity index (χ3n) is 7.78. The summed E-state index contributed by atoms with van der Waals surface area (Å²) in [5, 5.41) is 10.6. The van der Waals surface area contributed by atoms with Gasteiger partial charge in [-0.3, -0.25) is 4.79 Å². The molecule has 1 unspecified atom stereocenters. The molecule has 3 aliphatic heterocycles. The number of hydrogen-bond acceptors (Lipinski definition) is 7. The number of fused-ring (bicyclic) bond motifs is 2. The molecule has 2 N–H and O–H groups in total. The number of carbonyl (C=O) groups excluding carboxylic acids is 1. The van der Waals surface area contributed by atoms with E-state index in [0.717, 1.165) is 63.4 Å².